The van der Waals surface area contributed by atoms with Gasteiger partial charge in [-0.25, -0.2) is 0 Å². The SMILES string of the molecule is CCC(C)(C)CNCc1ccc(Br)c([N+](=O)[O-])c1. The molecular formula is C13H19BrN2O2. The maximum atomic E-state index is 10.8. The summed E-state index contributed by atoms with van der Waals surface area (Å²) in [6, 6.07) is 5.22. The van der Waals surface area contributed by atoms with Crippen molar-refractivity contribution >= 4 is 21.6 Å². The van der Waals surface area contributed by atoms with E-state index in [9.17, 15) is 10.1 Å². The van der Waals surface area contributed by atoms with E-state index in [0.29, 0.717) is 11.0 Å². The van der Waals surface area contributed by atoms with E-state index in [0.717, 1.165) is 18.5 Å². The lowest BCUT2D eigenvalue weighted by Gasteiger charge is -2.22. The zero-order chi connectivity index (χ0) is 13.8. The van der Waals surface area contributed by atoms with Crippen LogP contribution in [0.15, 0.2) is 22.7 Å². The maximum Gasteiger partial charge on any atom is 0.283 e. The summed E-state index contributed by atoms with van der Waals surface area (Å²) in [4.78, 5) is 10.4. The second kappa shape index (κ2) is 6.29. The molecule has 5 heteroatoms. The summed E-state index contributed by atoms with van der Waals surface area (Å²) >= 11 is 3.18. The Labute approximate surface area is 116 Å². The second-order valence-corrected chi connectivity index (χ2v) is 6.02. The van der Waals surface area contributed by atoms with E-state index in [1.807, 2.05) is 6.07 Å². The molecule has 0 unspecified atom stereocenters. The van der Waals surface area contributed by atoms with Gasteiger partial charge in [-0.3, -0.25) is 10.1 Å². The van der Waals surface area contributed by atoms with E-state index in [1.165, 1.54) is 0 Å². The van der Waals surface area contributed by atoms with Crippen LogP contribution in [0.4, 0.5) is 5.69 Å². The van der Waals surface area contributed by atoms with Gasteiger partial charge in [-0.15, -0.1) is 0 Å². The maximum absolute atomic E-state index is 10.8. The Morgan fingerprint density at radius 2 is 2.11 bits per heavy atom. The monoisotopic (exact) mass is 314 g/mol. The van der Waals surface area contributed by atoms with Crippen molar-refractivity contribution in [2.75, 3.05) is 6.54 Å². The molecule has 0 spiro atoms. The first kappa shape index (κ1) is 15.1. The first-order valence-corrected chi connectivity index (χ1v) is 6.78. The smallest absolute Gasteiger partial charge is 0.283 e. The van der Waals surface area contributed by atoms with Crippen LogP contribution in [0.2, 0.25) is 0 Å². The average molecular weight is 315 g/mol. The quantitative estimate of drug-likeness (QED) is 0.640. The van der Waals surface area contributed by atoms with E-state index >= 15 is 0 Å². The van der Waals surface area contributed by atoms with Gasteiger partial charge in [0.05, 0.1) is 9.40 Å². The van der Waals surface area contributed by atoms with Crippen LogP contribution >= 0.6 is 15.9 Å². The van der Waals surface area contributed by atoms with Gasteiger partial charge in [-0.05, 0) is 39.4 Å². The number of hydrogen-bond donors (Lipinski definition) is 1. The van der Waals surface area contributed by atoms with Crippen LogP contribution in [0.1, 0.15) is 32.8 Å². The lowest BCUT2D eigenvalue weighted by atomic mass is 9.90. The third kappa shape index (κ3) is 4.38. The van der Waals surface area contributed by atoms with Crippen LogP contribution in [0.3, 0.4) is 0 Å². The van der Waals surface area contributed by atoms with Crippen LogP contribution in [-0.4, -0.2) is 11.5 Å². The molecule has 0 aliphatic rings. The Bertz CT molecular complexity index is 433. The third-order valence-corrected chi connectivity index (χ3v) is 3.77. The summed E-state index contributed by atoms with van der Waals surface area (Å²) in [5.74, 6) is 0. The van der Waals surface area contributed by atoms with Gasteiger partial charge in [-0.1, -0.05) is 26.8 Å². The lowest BCUT2D eigenvalue weighted by molar-refractivity contribution is -0.385. The molecule has 100 valence electrons. The normalized spacial score (nSPS) is 11.6. The minimum absolute atomic E-state index is 0.115. The van der Waals surface area contributed by atoms with Crippen LogP contribution < -0.4 is 5.32 Å². The molecule has 0 fully saturated rings. The standard InChI is InChI=1S/C13H19BrN2O2/c1-4-13(2,3)9-15-8-10-5-6-11(14)12(7-10)16(17)18/h5-7,15H,4,8-9H2,1-3H3. The van der Waals surface area contributed by atoms with Gasteiger partial charge in [0.15, 0.2) is 0 Å². The van der Waals surface area contributed by atoms with Gasteiger partial charge in [0.25, 0.3) is 5.69 Å². The van der Waals surface area contributed by atoms with Crippen LogP contribution in [0, 0.1) is 15.5 Å². The highest BCUT2D eigenvalue weighted by molar-refractivity contribution is 9.10. The minimum atomic E-state index is -0.371. The van der Waals surface area contributed by atoms with E-state index in [-0.39, 0.29) is 16.0 Å². The first-order chi connectivity index (χ1) is 8.35. The Kier molecular flexibility index (Phi) is 5.28. The number of hydrogen-bond acceptors (Lipinski definition) is 3. The molecular weight excluding hydrogens is 296 g/mol. The van der Waals surface area contributed by atoms with Crippen molar-refractivity contribution in [2.24, 2.45) is 5.41 Å². The van der Waals surface area contributed by atoms with Crippen molar-refractivity contribution in [3.8, 4) is 0 Å². The Morgan fingerprint density at radius 3 is 2.67 bits per heavy atom. The summed E-state index contributed by atoms with van der Waals surface area (Å²) < 4.78 is 0.519. The van der Waals surface area contributed by atoms with E-state index < -0.39 is 0 Å². The van der Waals surface area contributed by atoms with Crippen molar-refractivity contribution < 1.29 is 4.92 Å². The molecule has 18 heavy (non-hydrogen) atoms. The topological polar surface area (TPSA) is 55.2 Å². The summed E-state index contributed by atoms with van der Waals surface area (Å²) in [5, 5.41) is 14.1. The highest BCUT2D eigenvalue weighted by Gasteiger charge is 2.15. The Hall–Kier alpha value is -0.940. The van der Waals surface area contributed by atoms with Crippen LogP contribution in [0.5, 0.6) is 0 Å². The van der Waals surface area contributed by atoms with Crippen molar-refractivity contribution in [3.05, 3.63) is 38.3 Å². The molecule has 0 saturated carbocycles. The molecule has 1 aromatic carbocycles. The lowest BCUT2D eigenvalue weighted by Crippen LogP contribution is -2.28. The van der Waals surface area contributed by atoms with E-state index in [2.05, 4.69) is 42.0 Å². The number of benzene rings is 1. The van der Waals surface area contributed by atoms with Gasteiger partial charge >= 0.3 is 0 Å². The Morgan fingerprint density at radius 1 is 1.44 bits per heavy atom. The van der Waals surface area contributed by atoms with E-state index in [4.69, 9.17) is 0 Å². The fraction of sp³-hybridized carbons (Fsp3) is 0.538. The molecule has 0 aromatic heterocycles. The van der Waals surface area contributed by atoms with Crippen molar-refractivity contribution in [3.63, 3.8) is 0 Å². The molecule has 0 aliphatic carbocycles. The van der Waals surface area contributed by atoms with Gasteiger partial charge in [-0.2, -0.15) is 0 Å². The van der Waals surface area contributed by atoms with Crippen molar-refractivity contribution in [1.82, 2.24) is 5.32 Å². The highest BCUT2D eigenvalue weighted by Crippen LogP contribution is 2.25. The predicted molar refractivity (Wildman–Crippen MR) is 76.6 cm³/mol. The summed E-state index contributed by atoms with van der Waals surface area (Å²) in [5.41, 5.74) is 1.29. The van der Waals surface area contributed by atoms with Gasteiger partial charge in [0, 0.05) is 19.2 Å². The number of rotatable bonds is 6. The number of halogens is 1. The largest absolute Gasteiger partial charge is 0.312 e. The molecule has 0 amide bonds. The number of nitrogens with one attached hydrogen (secondary N) is 1. The molecule has 0 atom stereocenters. The van der Waals surface area contributed by atoms with E-state index in [1.54, 1.807) is 12.1 Å². The second-order valence-electron chi connectivity index (χ2n) is 5.16. The molecule has 0 aliphatic heterocycles. The van der Waals surface area contributed by atoms with Crippen molar-refractivity contribution in [2.45, 2.75) is 33.7 Å². The molecule has 0 saturated heterocycles. The molecule has 4 nitrogen and oxygen atoms in total. The number of nitro groups is 1. The first-order valence-electron chi connectivity index (χ1n) is 5.99. The molecule has 0 radical (unpaired) electrons. The number of nitrogens with zero attached hydrogens (tertiary/aromatic N) is 1. The van der Waals surface area contributed by atoms with Gasteiger partial charge in [0.2, 0.25) is 0 Å². The van der Waals surface area contributed by atoms with Crippen LogP contribution in [-0.2, 0) is 6.54 Å². The molecule has 1 N–H and O–H groups in total. The number of nitro benzene ring substituents is 1. The van der Waals surface area contributed by atoms with Gasteiger partial charge < -0.3 is 5.32 Å². The predicted octanol–water partition coefficient (Wildman–Crippen LogP) is 3.88. The third-order valence-electron chi connectivity index (χ3n) is 3.10. The fourth-order valence-corrected chi connectivity index (χ4v) is 1.87. The highest BCUT2D eigenvalue weighted by atomic mass is 79.9. The fourth-order valence-electron chi connectivity index (χ4n) is 1.48. The summed E-state index contributed by atoms with van der Waals surface area (Å²) in [7, 11) is 0. The Balaban J connectivity index is 2.64. The molecule has 1 rings (SSSR count). The average Bonchev–Trinajstić information content (AvgIpc) is 2.31. The van der Waals surface area contributed by atoms with Crippen LogP contribution in [0.25, 0.3) is 0 Å². The molecule has 1 aromatic rings. The summed E-state index contributed by atoms with van der Waals surface area (Å²) in [6.07, 6.45) is 1.10. The zero-order valence-corrected chi connectivity index (χ0v) is 12.6. The molecule has 0 bridgehead atoms. The summed E-state index contributed by atoms with van der Waals surface area (Å²) in [6.45, 7) is 8.10. The van der Waals surface area contributed by atoms with Crippen molar-refractivity contribution in [1.29, 1.82) is 0 Å². The zero-order valence-electron chi connectivity index (χ0n) is 11.0. The van der Waals surface area contributed by atoms with Gasteiger partial charge in [0.1, 0.15) is 0 Å². The minimum Gasteiger partial charge on any atom is -0.312 e. The molecule has 0 heterocycles.